The fourth-order valence-corrected chi connectivity index (χ4v) is 4.03. The van der Waals surface area contributed by atoms with Gasteiger partial charge in [0.25, 0.3) is 0 Å². The molecule has 5 heteroatoms. The summed E-state index contributed by atoms with van der Waals surface area (Å²) >= 11 is 3.08. The fourth-order valence-electron chi connectivity index (χ4n) is 2.21. The molecule has 1 fully saturated rings. The van der Waals surface area contributed by atoms with Gasteiger partial charge in [-0.1, -0.05) is 13.8 Å². The number of hydrogen-bond acceptors (Lipinski definition) is 5. The molecule has 1 aliphatic carbocycles. The molecule has 0 bridgehead atoms. The largest absolute Gasteiger partial charge is 0.396 e. The average Bonchev–Trinajstić information content (AvgIpc) is 3.07. The van der Waals surface area contributed by atoms with Gasteiger partial charge in [0, 0.05) is 6.54 Å². The molecule has 0 spiro atoms. The fraction of sp³-hybridized carbons (Fsp3) is 0.615. The number of rotatable bonds is 5. The smallest absolute Gasteiger partial charge is 0.131 e. The summed E-state index contributed by atoms with van der Waals surface area (Å²) < 4.78 is 0. The molecule has 1 aromatic heterocycles. The number of nitrogen functional groups attached to an aromatic ring is 1. The number of anilines is 2. The van der Waals surface area contributed by atoms with Gasteiger partial charge < -0.3 is 11.1 Å². The van der Waals surface area contributed by atoms with Gasteiger partial charge in [0.05, 0.1) is 10.6 Å². The van der Waals surface area contributed by atoms with Gasteiger partial charge in [0.1, 0.15) is 15.9 Å². The molecule has 1 heterocycles. The van der Waals surface area contributed by atoms with Gasteiger partial charge in [-0.25, -0.2) is 0 Å². The van der Waals surface area contributed by atoms with Crippen LogP contribution in [0, 0.1) is 22.7 Å². The molecule has 0 unspecified atom stereocenters. The van der Waals surface area contributed by atoms with Gasteiger partial charge >= 0.3 is 0 Å². The second kappa shape index (κ2) is 5.02. The van der Waals surface area contributed by atoms with Crippen LogP contribution in [0.1, 0.15) is 31.6 Å². The highest BCUT2D eigenvalue weighted by molar-refractivity contribution is 7.99. The number of hydrogen-bond donors (Lipinski definition) is 2. The lowest BCUT2D eigenvalue weighted by Gasteiger charge is -2.20. The highest BCUT2D eigenvalue weighted by atomic mass is 32.2. The van der Waals surface area contributed by atoms with Crippen molar-refractivity contribution < 1.29 is 0 Å². The molecule has 0 radical (unpaired) electrons. The number of thiophene rings is 1. The topological polar surface area (TPSA) is 61.8 Å². The summed E-state index contributed by atoms with van der Waals surface area (Å²) in [5.74, 6) is 0.704. The first-order valence-corrected chi connectivity index (χ1v) is 8.18. The zero-order valence-corrected chi connectivity index (χ0v) is 12.7. The number of thioether (sulfide) groups is 1. The van der Waals surface area contributed by atoms with E-state index in [1.807, 2.05) is 6.26 Å². The molecule has 0 amide bonds. The second-order valence-electron chi connectivity index (χ2n) is 5.19. The lowest BCUT2D eigenvalue weighted by molar-refractivity contribution is 0.380. The molecule has 0 aliphatic heterocycles. The monoisotopic (exact) mass is 281 g/mol. The van der Waals surface area contributed by atoms with E-state index in [1.54, 1.807) is 11.8 Å². The number of nitrogens with one attached hydrogen (secondary N) is 1. The first-order valence-electron chi connectivity index (χ1n) is 6.14. The van der Waals surface area contributed by atoms with Gasteiger partial charge in [-0.15, -0.1) is 23.1 Å². The van der Waals surface area contributed by atoms with Gasteiger partial charge in [0.15, 0.2) is 0 Å². The van der Waals surface area contributed by atoms with Crippen molar-refractivity contribution in [3.63, 3.8) is 0 Å². The van der Waals surface area contributed by atoms with Gasteiger partial charge in [-0.3, -0.25) is 0 Å². The van der Waals surface area contributed by atoms with Crippen LogP contribution in [0.3, 0.4) is 0 Å². The highest BCUT2D eigenvalue weighted by Gasteiger charge is 2.45. The molecular weight excluding hydrogens is 262 g/mol. The molecule has 1 aromatic rings. The Kier molecular flexibility index (Phi) is 3.79. The minimum Gasteiger partial charge on any atom is -0.396 e. The zero-order valence-electron chi connectivity index (χ0n) is 11.0. The van der Waals surface area contributed by atoms with E-state index in [0.717, 1.165) is 16.4 Å². The molecular formula is C13H19N3S2. The van der Waals surface area contributed by atoms with Crippen LogP contribution in [0.2, 0.25) is 0 Å². The zero-order chi connectivity index (χ0) is 13.3. The maximum atomic E-state index is 9.02. The molecule has 1 saturated carbocycles. The van der Waals surface area contributed by atoms with E-state index in [-0.39, 0.29) is 0 Å². The number of nitrogens with two attached hydrogens (primary N) is 1. The molecule has 0 aromatic carbocycles. The first-order chi connectivity index (χ1) is 8.54. The molecule has 1 aliphatic rings. The third-order valence-electron chi connectivity index (χ3n) is 3.92. The normalized spacial score (nSPS) is 16.6. The molecule has 0 saturated heterocycles. The van der Waals surface area contributed by atoms with Gasteiger partial charge in [-0.05, 0) is 30.4 Å². The SMILES string of the molecule is CSc1c(NCC2(C(C)C)CC2)sc(C#N)c1N. The minimum atomic E-state index is 0.460. The summed E-state index contributed by atoms with van der Waals surface area (Å²) in [5, 5.41) is 13.6. The Labute approximate surface area is 117 Å². The quantitative estimate of drug-likeness (QED) is 0.806. The standard InChI is InChI=1S/C13H19N3S2/c1-8(2)13(4-5-13)7-16-12-11(17-3)10(15)9(6-14)18-12/h8,16H,4-5,7,15H2,1-3H3. The molecule has 98 valence electrons. The molecule has 3 nitrogen and oxygen atoms in total. The highest BCUT2D eigenvalue weighted by Crippen LogP contribution is 2.52. The summed E-state index contributed by atoms with van der Waals surface area (Å²) in [7, 11) is 0. The van der Waals surface area contributed by atoms with E-state index in [2.05, 4.69) is 25.2 Å². The lowest BCUT2D eigenvalue weighted by Crippen LogP contribution is -2.20. The van der Waals surface area contributed by atoms with Crippen LogP contribution in [0.5, 0.6) is 0 Å². The Morgan fingerprint density at radius 3 is 2.67 bits per heavy atom. The third-order valence-corrected chi connectivity index (χ3v) is 5.95. The van der Waals surface area contributed by atoms with Crippen LogP contribution in [0.15, 0.2) is 4.90 Å². The van der Waals surface area contributed by atoms with Crippen molar-refractivity contribution >= 4 is 33.8 Å². The average molecular weight is 281 g/mol. The Bertz CT molecular complexity index is 481. The predicted octanol–water partition coefficient (Wildman–Crippen LogP) is 3.77. The minimum absolute atomic E-state index is 0.460. The predicted molar refractivity (Wildman–Crippen MR) is 80.2 cm³/mol. The van der Waals surface area contributed by atoms with Crippen LogP contribution in [-0.4, -0.2) is 12.8 Å². The Hall–Kier alpha value is -0.860. The Balaban J connectivity index is 2.13. The summed E-state index contributed by atoms with van der Waals surface area (Å²) in [6.45, 7) is 5.56. The van der Waals surface area contributed by atoms with E-state index in [4.69, 9.17) is 11.0 Å². The van der Waals surface area contributed by atoms with Crippen LogP contribution < -0.4 is 11.1 Å². The van der Waals surface area contributed by atoms with E-state index in [9.17, 15) is 0 Å². The van der Waals surface area contributed by atoms with E-state index >= 15 is 0 Å². The maximum Gasteiger partial charge on any atom is 0.131 e. The van der Waals surface area contributed by atoms with Crippen LogP contribution >= 0.6 is 23.1 Å². The molecule has 0 atom stereocenters. The van der Waals surface area contributed by atoms with Crippen LogP contribution in [0.25, 0.3) is 0 Å². The summed E-state index contributed by atoms with van der Waals surface area (Å²) in [6.07, 6.45) is 4.61. The van der Waals surface area contributed by atoms with Crippen LogP contribution in [-0.2, 0) is 0 Å². The van der Waals surface area contributed by atoms with Gasteiger partial charge in [0.2, 0.25) is 0 Å². The van der Waals surface area contributed by atoms with Crippen molar-refractivity contribution in [2.75, 3.05) is 23.9 Å². The van der Waals surface area contributed by atoms with Crippen molar-refractivity contribution in [2.24, 2.45) is 11.3 Å². The van der Waals surface area contributed by atoms with Crippen molar-refractivity contribution in [1.82, 2.24) is 0 Å². The Morgan fingerprint density at radius 2 is 2.22 bits per heavy atom. The molecule has 18 heavy (non-hydrogen) atoms. The third kappa shape index (κ3) is 2.32. The van der Waals surface area contributed by atoms with Crippen molar-refractivity contribution in [3.8, 4) is 6.07 Å². The van der Waals surface area contributed by atoms with Crippen LogP contribution in [0.4, 0.5) is 10.7 Å². The molecule has 2 rings (SSSR count). The summed E-state index contributed by atoms with van der Waals surface area (Å²) in [5.41, 5.74) is 7.06. The molecule has 3 N–H and O–H groups in total. The van der Waals surface area contributed by atoms with E-state index < -0.39 is 0 Å². The van der Waals surface area contributed by atoms with Crippen molar-refractivity contribution in [3.05, 3.63) is 4.88 Å². The summed E-state index contributed by atoms with van der Waals surface area (Å²) in [6, 6.07) is 2.17. The van der Waals surface area contributed by atoms with Crippen molar-refractivity contribution in [2.45, 2.75) is 31.6 Å². The van der Waals surface area contributed by atoms with E-state index in [1.165, 1.54) is 24.2 Å². The van der Waals surface area contributed by atoms with Gasteiger partial charge in [-0.2, -0.15) is 5.26 Å². The first kappa shape index (κ1) is 13.6. The van der Waals surface area contributed by atoms with Crippen molar-refractivity contribution in [1.29, 1.82) is 5.26 Å². The summed E-state index contributed by atoms with van der Waals surface area (Å²) in [4.78, 5) is 1.65. The lowest BCUT2D eigenvalue weighted by atomic mass is 9.92. The van der Waals surface area contributed by atoms with E-state index in [0.29, 0.717) is 21.9 Å². The maximum absolute atomic E-state index is 9.02. The number of nitriles is 1. The Morgan fingerprint density at radius 1 is 1.56 bits per heavy atom. The number of nitrogens with zero attached hydrogens (tertiary/aromatic N) is 1. The second-order valence-corrected chi connectivity index (χ2v) is 7.03.